The summed E-state index contributed by atoms with van der Waals surface area (Å²) in [5, 5.41) is 0. The van der Waals surface area contributed by atoms with E-state index in [4.69, 9.17) is 0 Å². The molecule has 1 heterocycles. The highest BCUT2D eigenvalue weighted by Gasteiger charge is 2.09. The van der Waals surface area contributed by atoms with Gasteiger partial charge in [0.25, 0.3) is 0 Å². The number of halogens is 1. The summed E-state index contributed by atoms with van der Waals surface area (Å²) >= 11 is 0. The lowest BCUT2D eigenvalue weighted by molar-refractivity contribution is 0.904. The second-order valence-corrected chi connectivity index (χ2v) is 4.81. The van der Waals surface area contributed by atoms with E-state index in [2.05, 4.69) is 0 Å². The molecule has 0 fully saturated rings. The lowest BCUT2D eigenvalue weighted by Gasteiger charge is -2.09. The third-order valence-corrected chi connectivity index (χ3v) is 3.32. The SMILES string of the molecule is Cl.Cn1cc(-c2ccccc2)c(=O)c(-c2ccccc2)c1. The summed E-state index contributed by atoms with van der Waals surface area (Å²) in [5.41, 5.74) is 3.43. The van der Waals surface area contributed by atoms with Crippen LogP contribution in [-0.2, 0) is 7.05 Å². The van der Waals surface area contributed by atoms with Gasteiger partial charge < -0.3 is 4.57 Å². The molecule has 0 aliphatic rings. The maximum absolute atomic E-state index is 12.7. The van der Waals surface area contributed by atoms with E-state index in [1.165, 1.54) is 0 Å². The third kappa shape index (κ3) is 3.06. The molecular formula is C18H16ClNO. The molecule has 106 valence electrons. The molecule has 0 saturated carbocycles. The lowest BCUT2D eigenvalue weighted by atomic mass is 10.0. The average molecular weight is 298 g/mol. The summed E-state index contributed by atoms with van der Waals surface area (Å²) in [6.45, 7) is 0. The Morgan fingerprint density at radius 2 is 1.10 bits per heavy atom. The quantitative estimate of drug-likeness (QED) is 0.697. The number of aryl methyl sites for hydroxylation is 1. The number of nitrogens with zero attached hydrogens (tertiary/aromatic N) is 1. The van der Waals surface area contributed by atoms with E-state index in [0.29, 0.717) is 0 Å². The normalized spacial score (nSPS) is 9.95. The lowest BCUT2D eigenvalue weighted by Crippen LogP contribution is -2.11. The molecule has 2 nitrogen and oxygen atoms in total. The van der Waals surface area contributed by atoms with Crippen molar-refractivity contribution in [1.29, 1.82) is 0 Å². The predicted molar refractivity (Wildman–Crippen MR) is 89.8 cm³/mol. The maximum Gasteiger partial charge on any atom is 0.197 e. The Morgan fingerprint density at radius 3 is 1.48 bits per heavy atom. The fourth-order valence-electron chi connectivity index (χ4n) is 2.35. The minimum absolute atomic E-state index is 0. The number of aromatic nitrogens is 1. The van der Waals surface area contributed by atoms with Crippen LogP contribution >= 0.6 is 12.4 Å². The topological polar surface area (TPSA) is 22.0 Å². The molecule has 0 amide bonds. The van der Waals surface area contributed by atoms with Crippen LogP contribution in [0, 0.1) is 0 Å². The molecular weight excluding hydrogens is 282 g/mol. The minimum Gasteiger partial charge on any atom is -0.356 e. The van der Waals surface area contributed by atoms with Crippen molar-refractivity contribution in [1.82, 2.24) is 4.57 Å². The first kappa shape index (κ1) is 15.1. The smallest absolute Gasteiger partial charge is 0.197 e. The first-order chi connectivity index (χ1) is 9.75. The molecule has 1 aromatic heterocycles. The maximum atomic E-state index is 12.7. The standard InChI is InChI=1S/C18H15NO.ClH/c1-19-12-16(14-8-4-2-5-9-14)18(20)17(13-19)15-10-6-3-7-11-15;/h2-13H,1H3;1H. The van der Waals surface area contributed by atoms with Crippen LogP contribution in [0.1, 0.15) is 0 Å². The van der Waals surface area contributed by atoms with Gasteiger partial charge in [-0.15, -0.1) is 12.4 Å². The zero-order valence-corrected chi connectivity index (χ0v) is 12.5. The van der Waals surface area contributed by atoms with Crippen molar-refractivity contribution in [3.63, 3.8) is 0 Å². The van der Waals surface area contributed by atoms with Gasteiger partial charge in [0.15, 0.2) is 5.43 Å². The van der Waals surface area contributed by atoms with Gasteiger partial charge in [-0.1, -0.05) is 60.7 Å². The van der Waals surface area contributed by atoms with Gasteiger partial charge in [0, 0.05) is 30.6 Å². The van der Waals surface area contributed by atoms with Gasteiger partial charge in [-0.2, -0.15) is 0 Å². The van der Waals surface area contributed by atoms with E-state index in [-0.39, 0.29) is 17.8 Å². The molecule has 0 N–H and O–H groups in total. The molecule has 0 aliphatic carbocycles. The molecule has 0 spiro atoms. The molecule has 0 aliphatic heterocycles. The van der Waals surface area contributed by atoms with Crippen molar-refractivity contribution < 1.29 is 0 Å². The molecule has 0 saturated heterocycles. The summed E-state index contributed by atoms with van der Waals surface area (Å²) < 4.78 is 1.94. The van der Waals surface area contributed by atoms with Crippen molar-refractivity contribution in [3.05, 3.63) is 83.3 Å². The van der Waals surface area contributed by atoms with Gasteiger partial charge in [0.2, 0.25) is 0 Å². The number of benzene rings is 2. The zero-order valence-electron chi connectivity index (χ0n) is 11.7. The number of pyridine rings is 1. The van der Waals surface area contributed by atoms with Crippen LogP contribution < -0.4 is 5.43 Å². The van der Waals surface area contributed by atoms with Gasteiger partial charge in [0.1, 0.15) is 0 Å². The van der Waals surface area contributed by atoms with Crippen LogP contribution in [-0.4, -0.2) is 4.57 Å². The third-order valence-electron chi connectivity index (χ3n) is 3.32. The fourth-order valence-corrected chi connectivity index (χ4v) is 2.35. The first-order valence-electron chi connectivity index (χ1n) is 6.57. The van der Waals surface area contributed by atoms with Gasteiger partial charge >= 0.3 is 0 Å². The highest BCUT2D eigenvalue weighted by atomic mass is 35.5. The van der Waals surface area contributed by atoms with E-state index < -0.39 is 0 Å². The van der Waals surface area contributed by atoms with Crippen molar-refractivity contribution in [2.24, 2.45) is 7.05 Å². The van der Waals surface area contributed by atoms with E-state index in [1.807, 2.05) is 84.7 Å². The second-order valence-electron chi connectivity index (χ2n) is 4.81. The largest absolute Gasteiger partial charge is 0.356 e. The summed E-state index contributed by atoms with van der Waals surface area (Å²) in [4.78, 5) is 12.7. The Bertz CT molecular complexity index is 716. The summed E-state index contributed by atoms with van der Waals surface area (Å²) in [7, 11) is 1.94. The van der Waals surface area contributed by atoms with Crippen LogP contribution in [0.5, 0.6) is 0 Å². The van der Waals surface area contributed by atoms with Crippen LogP contribution in [0.2, 0.25) is 0 Å². The molecule has 3 heteroatoms. The highest BCUT2D eigenvalue weighted by Crippen LogP contribution is 2.20. The molecule has 0 unspecified atom stereocenters. The van der Waals surface area contributed by atoms with Gasteiger partial charge in [-0.3, -0.25) is 4.79 Å². The minimum atomic E-state index is 0. The van der Waals surface area contributed by atoms with Crippen LogP contribution in [0.3, 0.4) is 0 Å². The summed E-state index contributed by atoms with van der Waals surface area (Å²) in [6.07, 6.45) is 3.76. The highest BCUT2D eigenvalue weighted by molar-refractivity contribution is 5.85. The zero-order chi connectivity index (χ0) is 13.9. The molecule has 3 rings (SSSR count). The van der Waals surface area contributed by atoms with Gasteiger partial charge in [0.05, 0.1) is 0 Å². The predicted octanol–water partition coefficient (Wildman–Crippen LogP) is 4.14. The van der Waals surface area contributed by atoms with E-state index in [1.54, 1.807) is 0 Å². The van der Waals surface area contributed by atoms with Crippen molar-refractivity contribution >= 4 is 12.4 Å². The van der Waals surface area contributed by atoms with E-state index in [9.17, 15) is 4.79 Å². The Hall–Kier alpha value is -2.32. The average Bonchev–Trinajstić information content (AvgIpc) is 2.51. The fraction of sp³-hybridized carbons (Fsp3) is 0.0556. The van der Waals surface area contributed by atoms with Crippen LogP contribution in [0.15, 0.2) is 77.9 Å². The van der Waals surface area contributed by atoms with E-state index >= 15 is 0 Å². The number of hydrogen-bond acceptors (Lipinski definition) is 1. The monoisotopic (exact) mass is 297 g/mol. The Morgan fingerprint density at radius 1 is 0.714 bits per heavy atom. The van der Waals surface area contributed by atoms with Crippen molar-refractivity contribution in [3.8, 4) is 22.3 Å². The summed E-state index contributed by atoms with van der Waals surface area (Å²) in [6, 6.07) is 19.6. The van der Waals surface area contributed by atoms with Gasteiger partial charge in [-0.05, 0) is 11.1 Å². The molecule has 21 heavy (non-hydrogen) atoms. The first-order valence-corrected chi connectivity index (χ1v) is 6.57. The Kier molecular flexibility index (Phi) is 4.61. The second kappa shape index (κ2) is 6.42. The van der Waals surface area contributed by atoms with Crippen LogP contribution in [0.4, 0.5) is 0 Å². The molecule has 0 bridgehead atoms. The van der Waals surface area contributed by atoms with Crippen molar-refractivity contribution in [2.45, 2.75) is 0 Å². The van der Waals surface area contributed by atoms with Crippen LogP contribution in [0.25, 0.3) is 22.3 Å². The number of rotatable bonds is 2. The number of hydrogen-bond donors (Lipinski definition) is 0. The molecule has 2 aromatic carbocycles. The molecule has 3 aromatic rings. The Labute approximate surface area is 130 Å². The summed E-state index contributed by atoms with van der Waals surface area (Å²) in [5.74, 6) is 0. The van der Waals surface area contributed by atoms with Gasteiger partial charge in [-0.25, -0.2) is 0 Å². The Balaban J connectivity index is 0.00000161. The van der Waals surface area contributed by atoms with Crippen molar-refractivity contribution in [2.75, 3.05) is 0 Å². The molecule has 0 radical (unpaired) electrons. The molecule has 0 atom stereocenters. The van der Waals surface area contributed by atoms with E-state index in [0.717, 1.165) is 22.3 Å².